The molecular formula is C10H13BrN6OS. The standard InChI is InChI=1S/C10H13BrN6OS/c1-3-12-8-13-5-6(11)7(14-8)19-10-16-15-9(18)17(10)4-2/h5H,3-4H2,1-2H3,(H,15,18)(H,12,13,14). The van der Waals surface area contributed by atoms with Crippen LogP contribution < -0.4 is 11.0 Å². The highest BCUT2D eigenvalue weighted by Gasteiger charge is 2.12. The average Bonchev–Trinajstić information content (AvgIpc) is 2.74. The van der Waals surface area contributed by atoms with Gasteiger partial charge in [0.25, 0.3) is 0 Å². The second kappa shape index (κ2) is 6.20. The topological polar surface area (TPSA) is 88.5 Å². The molecule has 2 N–H and O–H groups in total. The summed E-state index contributed by atoms with van der Waals surface area (Å²) in [4.78, 5) is 20.0. The average molecular weight is 345 g/mol. The van der Waals surface area contributed by atoms with Crippen molar-refractivity contribution in [1.29, 1.82) is 0 Å². The summed E-state index contributed by atoms with van der Waals surface area (Å²) in [6.45, 7) is 5.16. The highest BCUT2D eigenvalue weighted by atomic mass is 79.9. The SMILES string of the molecule is CCNc1ncc(Br)c(Sc2n[nH]c(=O)n2CC)n1. The minimum Gasteiger partial charge on any atom is -0.354 e. The van der Waals surface area contributed by atoms with Crippen LogP contribution in [-0.2, 0) is 6.54 Å². The molecule has 0 aliphatic heterocycles. The number of hydrogen-bond donors (Lipinski definition) is 2. The number of hydrogen-bond acceptors (Lipinski definition) is 6. The van der Waals surface area contributed by atoms with Gasteiger partial charge in [-0.3, -0.25) is 4.57 Å². The lowest BCUT2D eigenvalue weighted by atomic mass is 10.6. The molecule has 0 aliphatic rings. The molecule has 0 amide bonds. The van der Waals surface area contributed by atoms with Gasteiger partial charge in [-0.2, -0.15) is 0 Å². The molecule has 0 radical (unpaired) electrons. The molecule has 0 atom stereocenters. The number of H-pyrrole nitrogens is 1. The molecule has 0 fully saturated rings. The van der Waals surface area contributed by atoms with E-state index in [0.717, 1.165) is 11.0 Å². The Morgan fingerprint density at radius 1 is 1.53 bits per heavy atom. The Morgan fingerprint density at radius 2 is 2.32 bits per heavy atom. The van der Waals surface area contributed by atoms with E-state index in [2.05, 4.69) is 41.4 Å². The largest absolute Gasteiger partial charge is 0.354 e. The van der Waals surface area contributed by atoms with Gasteiger partial charge in [-0.1, -0.05) is 0 Å². The number of rotatable bonds is 5. The monoisotopic (exact) mass is 344 g/mol. The summed E-state index contributed by atoms with van der Waals surface area (Å²) in [7, 11) is 0. The first kappa shape index (κ1) is 14.1. The van der Waals surface area contributed by atoms with E-state index < -0.39 is 0 Å². The number of nitrogens with zero attached hydrogens (tertiary/aromatic N) is 4. The van der Waals surface area contributed by atoms with Crippen molar-refractivity contribution in [2.75, 3.05) is 11.9 Å². The lowest BCUT2D eigenvalue weighted by Crippen LogP contribution is -2.16. The van der Waals surface area contributed by atoms with Crippen molar-refractivity contribution in [3.8, 4) is 0 Å². The molecule has 19 heavy (non-hydrogen) atoms. The quantitative estimate of drug-likeness (QED) is 0.803. The molecule has 7 nitrogen and oxygen atoms in total. The van der Waals surface area contributed by atoms with Gasteiger partial charge >= 0.3 is 5.69 Å². The lowest BCUT2D eigenvalue weighted by molar-refractivity contribution is 0.660. The Morgan fingerprint density at radius 3 is 3.00 bits per heavy atom. The van der Waals surface area contributed by atoms with Crippen molar-refractivity contribution in [1.82, 2.24) is 24.7 Å². The smallest absolute Gasteiger partial charge is 0.343 e. The molecular weight excluding hydrogens is 332 g/mol. The van der Waals surface area contributed by atoms with Crippen molar-refractivity contribution >= 4 is 33.6 Å². The number of nitrogens with one attached hydrogen (secondary N) is 2. The molecule has 0 aliphatic carbocycles. The summed E-state index contributed by atoms with van der Waals surface area (Å²) < 4.78 is 2.31. The van der Waals surface area contributed by atoms with Crippen LogP contribution in [0.4, 0.5) is 5.95 Å². The third kappa shape index (κ3) is 3.16. The van der Waals surface area contributed by atoms with E-state index in [1.807, 2.05) is 13.8 Å². The van der Waals surface area contributed by atoms with Gasteiger partial charge in [-0.25, -0.2) is 19.9 Å². The van der Waals surface area contributed by atoms with Gasteiger partial charge in [0.1, 0.15) is 5.03 Å². The number of aromatic amines is 1. The Kier molecular flexibility index (Phi) is 4.59. The second-order valence-electron chi connectivity index (χ2n) is 3.53. The van der Waals surface area contributed by atoms with Crippen molar-refractivity contribution in [2.24, 2.45) is 0 Å². The summed E-state index contributed by atoms with van der Waals surface area (Å²) in [6, 6.07) is 0. The van der Waals surface area contributed by atoms with Crippen LogP contribution >= 0.6 is 27.7 Å². The normalized spacial score (nSPS) is 10.7. The molecule has 0 bridgehead atoms. The van der Waals surface area contributed by atoms with Crippen molar-refractivity contribution in [3.63, 3.8) is 0 Å². The van der Waals surface area contributed by atoms with Gasteiger partial charge in [-0.15, -0.1) is 5.10 Å². The molecule has 0 spiro atoms. The van der Waals surface area contributed by atoms with E-state index in [-0.39, 0.29) is 5.69 Å². The Labute approximate surface area is 122 Å². The highest BCUT2D eigenvalue weighted by Crippen LogP contribution is 2.30. The summed E-state index contributed by atoms with van der Waals surface area (Å²) >= 11 is 4.70. The van der Waals surface area contributed by atoms with Crippen molar-refractivity contribution in [2.45, 2.75) is 30.6 Å². The maximum Gasteiger partial charge on any atom is 0.343 e. The predicted molar refractivity (Wildman–Crippen MR) is 76.5 cm³/mol. The van der Waals surface area contributed by atoms with Crippen molar-refractivity contribution in [3.05, 3.63) is 21.2 Å². The van der Waals surface area contributed by atoms with Crippen LogP contribution in [0.15, 0.2) is 25.6 Å². The van der Waals surface area contributed by atoms with E-state index in [4.69, 9.17) is 0 Å². The molecule has 2 rings (SSSR count). The van der Waals surface area contributed by atoms with Gasteiger partial charge in [0.2, 0.25) is 5.95 Å². The van der Waals surface area contributed by atoms with Crippen LogP contribution in [0.3, 0.4) is 0 Å². The van der Waals surface area contributed by atoms with E-state index in [9.17, 15) is 4.79 Å². The second-order valence-corrected chi connectivity index (χ2v) is 5.34. The van der Waals surface area contributed by atoms with Gasteiger partial charge in [-0.05, 0) is 41.5 Å². The third-order valence-corrected chi connectivity index (χ3v) is 4.12. The molecule has 0 saturated heterocycles. The van der Waals surface area contributed by atoms with Gasteiger partial charge in [0.05, 0.1) is 4.47 Å². The van der Waals surface area contributed by atoms with Gasteiger partial charge < -0.3 is 5.32 Å². The fourth-order valence-corrected chi connectivity index (χ4v) is 2.72. The number of halogens is 1. The van der Waals surface area contributed by atoms with E-state index in [1.165, 1.54) is 11.8 Å². The maximum absolute atomic E-state index is 11.5. The van der Waals surface area contributed by atoms with Crippen LogP contribution in [0.1, 0.15) is 13.8 Å². The van der Waals surface area contributed by atoms with E-state index in [0.29, 0.717) is 22.7 Å². The zero-order chi connectivity index (χ0) is 13.8. The fraction of sp³-hybridized carbons (Fsp3) is 0.400. The lowest BCUT2D eigenvalue weighted by Gasteiger charge is -2.06. The molecule has 9 heteroatoms. The Balaban J connectivity index is 2.31. The minimum absolute atomic E-state index is 0.220. The fourth-order valence-electron chi connectivity index (χ4n) is 1.41. The first-order chi connectivity index (χ1) is 9.15. The van der Waals surface area contributed by atoms with Crippen LogP contribution in [0, 0.1) is 0 Å². The molecule has 2 aromatic heterocycles. The number of anilines is 1. The van der Waals surface area contributed by atoms with Crippen LogP contribution in [-0.4, -0.2) is 31.3 Å². The van der Waals surface area contributed by atoms with Crippen LogP contribution in [0.25, 0.3) is 0 Å². The van der Waals surface area contributed by atoms with Crippen molar-refractivity contribution < 1.29 is 0 Å². The first-order valence-electron chi connectivity index (χ1n) is 5.75. The molecule has 2 heterocycles. The number of aromatic nitrogens is 5. The van der Waals surface area contributed by atoms with Crippen LogP contribution in [0.5, 0.6) is 0 Å². The maximum atomic E-state index is 11.5. The van der Waals surface area contributed by atoms with E-state index >= 15 is 0 Å². The third-order valence-electron chi connectivity index (χ3n) is 2.27. The molecule has 0 aromatic carbocycles. The predicted octanol–water partition coefficient (Wildman–Crippen LogP) is 1.73. The summed E-state index contributed by atoms with van der Waals surface area (Å²) in [5.74, 6) is 0.550. The molecule has 0 saturated carbocycles. The molecule has 102 valence electrons. The zero-order valence-electron chi connectivity index (χ0n) is 10.5. The summed E-state index contributed by atoms with van der Waals surface area (Å²) in [5.41, 5.74) is -0.220. The van der Waals surface area contributed by atoms with Gasteiger partial charge in [0.15, 0.2) is 5.16 Å². The van der Waals surface area contributed by atoms with E-state index in [1.54, 1.807) is 10.8 Å². The van der Waals surface area contributed by atoms with Gasteiger partial charge in [0, 0.05) is 19.3 Å². The summed E-state index contributed by atoms with van der Waals surface area (Å²) in [6.07, 6.45) is 1.67. The minimum atomic E-state index is -0.220. The molecule has 0 unspecified atom stereocenters. The Bertz CT molecular complexity index is 625. The first-order valence-corrected chi connectivity index (χ1v) is 7.36. The summed E-state index contributed by atoms with van der Waals surface area (Å²) in [5, 5.41) is 10.7. The Hall–Kier alpha value is -1.35. The zero-order valence-corrected chi connectivity index (χ0v) is 12.9. The molecule has 2 aromatic rings. The van der Waals surface area contributed by atoms with Crippen LogP contribution in [0.2, 0.25) is 0 Å². The highest BCUT2D eigenvalue weighted by molar-refractivity contribution is 9.10.